The summed E-state index contributed by atoms with van der Waals surface area (Å²) in [6, 6.07) is 2.91. The molecular weight excluding hydrogens is 403 g/mol. The molecule has 0 saturated heterocycles. The molecule has 0 aliphatic carbocycles. The Kier molecular flexibility index (Phi) is 6.75. The number of halogens is 3. The highest BCUT2D eigenvalue weighted by atomic mass is 19.1. The molecule has 3 atom stereocenters. The molecule has 0 fully saturated rings. The summed E-state index contributed by atoms with van der Waals surface area (Å²) in [5.74, 6) is -3.44. The van der Waals surface area contributed by atoms with Gasteiger partial charge in [0.1, 0.15) is 42.3 Å². The molecule has 1 aromatic carbocycles. The van der Waals surface area contributed by atoms with E-state index < -0.39 is 48.3 Å². The topological polar surface area (TPSA) is 106 Å². The maximum atomic E-state index is 15.0. The van der Waals surface area contributed by atoms with Crippen LogP contribution < -0.4 is 0 Å². The molecule has 2 heterocycles. The van der Waals surface area contributed by atoms with Crippen molar-refractivity contribution in [3.05, 3.63) is 72.1 Å². The van der Waals surface area contributed by atoms with E-state index in [9.17, 15) is 23.4 Å². The number of ether oxygens (including phenoxy) is 1. The summed E-state index contributed by atoms with van der Waals surface area (Å²) < 4.78 is 50.4. The van der Waals surface area contributed by atoms with E-state index in [4.69, 9.17) is 4.74 Å². The van der Waals surface area contributed by atoms with Gasteiger partial charge >= 0.3 is 0 Å². The number of hydrogen-bond donors (Lipinski definition) is 2. The highest BCUT2D eigenvalue weighted by molar-refractivity contribution is 5.30. The van der Waals surface area contributed by atoms with E-state index >= 15 is 0 Å². The van der Waals surface area contributed by atoms with E-state index in [1.165, 1.54) is 23.4 Å². The zero-order chi connectivity index (χ0) is 21.7. The Labute approximate surface area is 170 Å². The van der Waals surface area contributed by atoms with Gasteiger partial charge < -0.3 is 14.9 Å². The lowest BCUT2D eigenvalue weighted by Crippen LogP contribution is -2.43. The highest BCUT2D eigenvalue weighted by Gasteiger charge is 2.45. The van der Waals surface area contributed by atoms with Gasteiger partial charge in [-0.2, -0.15) is 5.10 Å². The molecule has 0 aliphatic heterocycles. The van der Waals surface area contributed by atoms with E-state index in [2.05, 4.69) is 20.1 Å². The summed E-state index contributed by atoms with van der Waals surface area (Å²) in [4.78, 5) is 11.4. The Morgan fingerprint density at radius 3 is 2.60 bits per heavy atom. The first-order valence-corrected chi connectivity index (χ1v) is 9.03. The van der Waals surface area contributed by atoms with Gasteiger partial charge in [0.05, 0.1) is 31.6 Å². The average Bonchev–Trinajstić information content (AvgIpc) is 3.24. The van der Waals surface area contributed by atoms with Crippen LogP contribution in [-0.2, 0) is 16.9 Å². The minimum atomic E-state index is -1.70. The maximum absolute atomic E-state index is 15.0. The Morgan fingerprint density at radius 1 is 1.17 bits per heavy atom. The highest BCUT2D eigenvalue weighted by Crippen LogP contribution is 2.43. The van der Waals surface area contributed by atoms with Crippen molar-refractivity contribution in [3.8, 4) is 0 Å². The van der Waals surface area contributed by atoms with Crippen molar-refractivity contribution < 1.29 is 28.1 Å². The number of hydrogen-bond acceptors (Lipinski definition) is 7. The van der Waals surface area contributed by atoms with Crippen LogP contribution in [0.1, 0.15) is 24.1 Å². The average molecular weight is 423 g/mol. The van der Waals surface area contributed by atoms with Crippen LogP contribution in [0.5, 0.6) is 0 Å². The predicted octanol–water partition coefficient (Wildman–Crippen LogP) is 1.55. The molecule has 2 N–H and O–H groups in total. The van der Waals surface area contributed by atoms with E-state index in [1.54, 1.807) is 6.92 Å². The molecule has 0 amide bonds. The van der Waals surface area contributed by atoms with Crippen molar-refractivity contribution in [2.45, 2.75) is 31.1 Å². The number of aromatic nitrogens is 5. The lowest BCUT2D eigenvalue weighted by atomic mass is 9.79. The van der Waals surface area contributed by atoms with Gasteiger partial charge in [-0.1, -0.05) is 13.0 Å². The Hall–Kier alpha value is -2.89. The quantitative estimate of drug-likeness (QED) is 0.538. The van der Waals surface area contributed by atoms with Gasteiger partial charge in [0.2, 0.25) is 0 Å². The zero-order valence-corrected chi connectivity index (χ0v) is 16.0. The SMILES string of the molecule is C[C@@H](c1ncncc1F)[C@@](Cn1cncn1)(OCC(O)CO)c1ccc(F)cc1F. The van der Waals surface area contributed by atoms with Crippen molar-refractivity contribution in [3.63, 3.8) is 0 Å². The Morgan fingerprint density at radius 2 is 1.97 bits per heavy atom. The fraction of sp³-hybridized carbons (Fsp3) is 0.368. The molecule has 0 spiro atoms. The first-order valence-electron chi connectivity index (χ1n) is 9.03. The second-order valence-corrected chi connectivity index (χ2v) is 6.73. The molecule has 30 heavy (non-hydrogen) atoms. The summed E-state index contributed by atoms with van der Waals surface area (Å²) in [5.41, 5.74) is -1.88. The standard InChI is InChI=1S/C19H20F3N5O3/c1-12(18-17(22)5-23-9-25-18)19(30-7-14(29)6-28,8-27-11-24-10-26-27)15-3-2-13(20)4-16(15)21/h2-5,9-12,14,28-29H,6-8H2,1H3/t12-,14?,19+/m0/s1. The molecule has 8 nitrogen and oxygen atoms in total. The van der Waals surface area contributed by atoms with Gasteiger partial charge in [-0.25, -0.2) is 32.8 Å². The van der Waals surface area contributed by atoms with Gasteiger partial charge in [-0.3, -0.25) is 0 Å². The lowest BCUT2D eigenvalue weighted by Gasteiger charge is -2.40. The van der Waals surface area contributed by atoms with Gasteiger partial charge in [0, 0.05) is 17.5 Å². The van der Waals surface area contributed by atoms with Crippen molar-refractivity contribution in [1.82, 2.24) is 24.7 Å². The van der Waals surface area contributed by atoms with Gasteiger partial charge in [0.25, 0.3) is 0 Å². The molecule has 160 valence electrons. The van der Waals surface area contributed by atoms with Crippen LogP contribution >= 0.6 is 0 Å². The summed E-state index contributed by atoms with van der Waals surface area (Å²) in [5, 5.41) is 23.0. The summed E-state index contributed by atoms with van der Waals surface area (Å²) >= 11 is 0. The fourth-order valence-electron chi connectivity index (χ4n) is 3.25. The van der Waals surface area contributed by atoms with Crippen LogP contribution in [0, 0.1) is 17.5 Å². The number of rotatable bonds is 9. The molecule has 2 aromatic heterocycles. The minimum absolute atomic E-state index is 0.0765. The van der Waals surface area contributed by atoms with E-state index in [1.807, 2.05) is 0 Å². The molecular formula is C19H20F3N5O3. The lowest BCUT2D eigenvalue weighted by molar-refractivity contribution is -0.119. The van der Waals surface area contributed by atoms with Crippen molar-refractivity contribution >= 4 is 0 Å². The largest absolute Gasteiger partial charge is 0.394 e. The minimum Gasteiger partial charge on any atom is -0.394 e. The third-order valence-electron chi connectivity index (χ3n) is 4.80. The normalized spacial score (nSPS) is 15.5. The van der Waals surface area contributed by atoms with E-state index in [0.29, 0.717) is 6.07 Å². The molecule has 0 bridgehead atoms. The fourth-order valence-corrected chi connectivity index (χ4v) is 3.25. The first kappa shape index (κ1) is 21.8. The van der Waals surface area contributed by atoms with Gasteiger partial charge in [-0.15, -0.1) is 0 Å². The van der Waals surface area contributed by atoms with Crippen LogP contribution in [0.4, 0.5) is 13.2 Å². The monoisotopic (exact) mass is 423 g/mol. The number of aliphatic hydroxyl groups excluding tert-OH is 2. The first-order chi connectivity index (χ1) is 14.4. The summed E-state index contributed by atoms with van der Waals surface area (Å²) in [6.07, 6.45) is 3.42. The Bertz CT molecular complexity index is 976. The number of nitrogens with zero attached hydrogens (tertiary/aromatic N) is 5. The molecule has 3 rings (SSSR count). The molecule has 11 heteroatoms. The van der Waals surface area contributed by atoms with Crippen LogP contribution in [-0.4, -0.2) is 54.3 Å². The predicted molar refractivity (Wildman–Crippen MR) is 97.5 cm³/mol. The van der Waals surface area contributed by atoms with Gasteiger partial charge in [-0.05, 0) is 6.07 Å². The van der Waals surface area contributed by atoms with Gasteiger partial charge in [0.15, 0.2) is 5.82 Å². The molecule has 0 radical (unpaired) electrons. The van der Waals surface area contributed by atoms with Crippen molar-refractivity contribution in [1.29, 1.82) is 0 Å². The van der Waals surface area contributed by atoms with Crippen LogP contribution in [0.15, 0.2) is 43.4 Å². The molecule has 0 aliphatic rings. The van der Waals surface area contributed by atoms with Crippen molar-refractivity contribution in [2.75, 3.05) is 13.2 Å². The van der Waals surface area contributed by atoms with E-state index in [-0.39, 0.29) is 17.8 Å². The van der Waals surface area contributed by atoms with Crippen LogP contribution in [0.25, 0.3) is 0 Å². The van der Waals surface area contributed by atoms with E-state index in [0.717, 1.165) is 18.6 Å². The Balaban J connectivity index is 2.20. The smallest absolute Gasteiger partial charge is 0.163 e. The summed E-state index contributed by atoms with van der Waals surface area (Å²) in [7, 11) is 0. The molecule has 3 aromatic rings. The second-order valence-electron chi connectivity index (χ2n) is 6.73. The summed E-state index contributed by atoms with van der Waals surface area (Å²) in [6.45, 7) is 0.357. The van der Waals surface area contributed by atoms with Crippen LogP contribution in [0.2, 0.25) is 0 Å². The number of benzene rings is 1. The maximum Gasteiger partial charge on any atom is 0.163 e. The second kappa shape index (κ2) is 9.28. The molecule has 0 saturated carbocycles. The van der Waals surface area contributed by atoms with Crippen molar-refractivity contribution in [2.24, 2.45) is 0 Å². The molecule has 1 unspecified atom stereocenters. The van der Waals surface area contributed by atoms with Crippen LogP contribution in [0.3, 0.4) is 0 Å². The zero-order valence-electron chi connectivity index (χ0n) is 16.0. The third kappa shape index (κ3) is 4.48. The number of aliphatic hydroxyl groups is 2. The third-order valence-corrected chi connectivity index (χ3v) is 4.80.